The van der Waals surface area contributed by atoms with E-state index < -0.39 is 11.3 Å². The summed E-state index contributed by atoms with van der Waals surface area (Å²) in [6.07, 6.45) is 3.70. The van der Waals surface area contributed by atoms with Gasteiger partial charge in [0.15, 0.2) is 5.67 Å². The van der Waals surface area contributed by atoms with Gasteiger partial charge >= 0.3 is 0 Å². The van der Waals surface area contributed by atoms with Crippen molar-refractivity contribution in [2.45, 2.75) is 38.0 Å². The molecule has 0 bridgehead atoms. The first-order valence-corrected chi connectivity index (χ1v) is 10.4. The number of benzene rings is 1. The molecule has 1 aliphatic heterocycles. The van der Waals surface area contributed by atoms with Gasteiger partial charge in [-0.15, -0.1) is 0 Å². The molecule has 2 heterocycles. The van der Waals surface area contributed by atoms with E-state index in [4.69, 9.17) is 11.6 Å². The molecule has 1 aromatic heterocycles. The molecule has 1 fully saturated rings. The molecule has 0 unspecified atom stereocenters. The molecular weight excluding hydrogens is 398 g/mol. The number of anilines is 1. The van der Waals surface area contributed by atoms with E-state index in [9.17, 15) is 4.39 Å². The molecule has 8 heteroatoms. The van der Waals surface area contributed by atoms with Gasteiger partial charge in [0.1, 0.15) is 11.5 Å². The zero-order valence-corrected chi connectivity index (χ0v) is 18.5. The molecule has 0 spiro atoms. The lowest BCUT2D eigenvalue weighted by Crippen LogP contribution is -2.47. The number of nitrogens with two attached hydrogens (primary N) is 2. The Bertz CT molecular complexity index is 972. The van der Waals surface area contributed by atoms with Gasteiger partial charge in [0, 0.05) is 55.7 Å². The fourth-order valence-corrected chi connectivity index (χ4v) is 3.95. The number of piperidine rings is 1. The number of hydrogen-bond acceptors (Lipinski definition) is 6. The highest BCUT2D eigenvalue weighted by atomic mass is 19.1. The fourth-order valence-electron chi connectivity index (χ4n) is 3.95. The second-order valence-electron chi connectivity index (χ2n) is 8.86. The first-order chi connectivity index (χ1) is 14.5. The lowest BCUT2D eigenvalue weighted by molar-refractivity contribution is 0.0531. The van der Waals surface area contributed by atoms with Crippen LogP contribution in [0.4, 0.5) is 14.6 Å². The maximum absolute atomic E-state index is 15.5. The number of halogens is 2. The molecule has 5 N–H and O–H groups in total. The monoisotopic (exact) mass is 430 g/mol. The summed E-state index contributed by atoms with van der Waals surface area (Å²) in [5.74, 6) is 6.35. The van der Waals surface area contributed by atoms with Gasteiger partial charge < -0.3 is 16.1 Å². The van der Waals surface area contributed by atoms with Crippen molar-refractivity contribution < 1.29 is 8.78 Å². The van der Waals surface area contributed by atoms with Gasteiger partial charge in [0.05, 0.1) is 5.70 Å². The number of likely N-dealkylation sites (tertiary alicyclic amines) is 1. The smallest absolute Gasteiger partial charge is 0.152 e. The summed E-state index contributed by atoms with van der Waals surface area (Å²) in [5, 5.41) is 6.35. The first-order valence-electron chi connectivity index (χ1n) is 10.4. The summed E-state index contributed by atoms with van der Waals surface area (Å²) >= 11 is 0. The first kappa shape index (κ1) is 23.0. The van der Waals surface area contributed by atoms with E-state index >= 15 is 4.39 Å². The summed E-state index contributed by atoms with van der Waals surface area (Å²) < 4.78 is 29.4. The standard InChI is InChI=1S/C23H32F2N6/c1-16(23(25)7-9-31(10-8-23)15-22(2,3)24)29-21-12-19-11-17(20(13-26)30(4)27)5-6-18(19)14-28-21/h5-6,11-14H,1,7-10,15,26-27H2,2-4H3,(H,28,29)/b20-13-. The third-order valence-electron chi connectivity index (χ3n) is 5.62. The van der Waals surface area contributed by atoms with Crippen LogP contribution in [-0.2, 0) is 0 Å². The largest absolute Gasteiger partial charge is 0.403 e. The van der Waals surface area contributed by atoms with E-state index in [0.29, 0.717) is 31.1 Å². The number of nitrogens with zero attached hydrogens (tertiary/aromatic N) is 3. The number of fused-ring (bicyclic) bond motifs is 1. The minimum absolute atomic E-state index is 0.264. The molecule has 0 amide bonds. The van der Waals surface area contributed by atoms with Crippen LogP contribution >= 0.6 is 0 Å². The maximum atomic E-state index is 15.5. The normalized spacial score (nSPS) is 17.5. The minimum atomic E-state index is -1.56. The molecule has 3 rings (SSSR count). The molecule has 1 aliphatic rings. The zero-order valence-electron chi connectivity index (χ0n) is 18.5. The zero-order chi connectivity index (χ0) is 22.8. The van der Waals surface area contributed by atoms with Crippen molar-refractivity contribution in [2.75, 3.05) is 32.0 Å². The quantitative estimate of drug-likeness (QED) is 0.458. The molecule has 2 aromatic rings. The van der Waals surface area contributed by atoms with Crippen LogP contribution in [0.15, 0.2) is 48.9 Å². The number of hydrazine groups is 1. The highest BCUT2D eigenvalue weighted by molar-refractivity contribution is 5.87. The Morgan fingerprint density at radius 3 is 2.58 bits per heavy atom. The molecule has 31 heavy (non-hydrogen) atoms. The van der Waals surface area contributed by atoms with E-state index in [1.165, 1.54) is 11.2 Å². The lowest BCUT2D eigenvalue weighted by atomic mass is 9.90. The molecule has 0 saturated carbocycles. The van der Waals surface area contributed by atoms with Crippen LogP contribution in [0.5, 0.6) is 0 Å². The number of nitrogens with one attached hydrogen (secondary N) is 1. The van der Waals surface area contributed by atoms with Crippen LogP contribution in [0.3, 0.4) is 0 Å². The topological polar surface area (TPSA) is 83.4 Å². The summed E-state index contributed by atoms with van der Waals surface area (Å²) in [6, 6.07) is 7.65. The van der Waals surface area contributed by atoms with Crippen LogP contribution < -0.4 is 16.9 Å². The van der Waals surface area contributed by atoms with Gasteiger partial charge in [-0.1, -0.05) is 18.7 Å². The van der Waals surface area contributed by atoms with E-state index in [-0.39, 0.29) is 18.5 Å². The van der Waals surface area contributed by atoms with E-state index in [1.54, 1.807) is 27.1 Å². The molecule has 0 radical (unpaired) electrons. The Morgan fingerprint density at radius 1 is 1.32 bits per heavy atom. The third kappa shape index (κ3) is 5.51. The Kier molecular flexibility index (Phi) is 6.52. The summed E-state index contributed by atoms with van der Waals surface area (Å²) in [7, 11) is 1.72. The molecular formula is C23H32F2N6. The average molecular weight is 431 g/mol. The van der Waals surface area contributed by atoms with E-state index in [2.05, 4.69) is 16.9 Å². The van der Waals surface area contributed by atoms with Crippen molar-refractivity contribution in [3.8, 4) is 0 Å². The van der Waals surface area contributed by atoms with Gasteiger partial charge in [-0.25, -0.2) is 19.6 Å². The molecule has 6 nitrogen and oxygen atoms in total. The van der Waals surface area contributed by atoms with Crippen LogP contribution in [0.25, 0.3) is 16.5 Å². The highest BCUT2D eigenvalue weighted by Crippen LogP contribution is 2.34. The van der Waals surface area contributed by atoms with Crippen molar-refractivity contribution in [1.29, 1.82) is 0 Å². The van der Waals surface area contributed by atoms with Gasteiger partial charge in [-0.3, -0.25) is 4.90 Å². The summed E-state index contributed by atoms with van der Waals surface area (Å²) in [5.41, 5.74) is 4.67. The van der Waals surface area contributed by atoms with Crippen LogP contribution in [-0.4, -0.2) is 52.9 Å². The Hall–Kier alpha value is -2.71. The minimum Gasteiger partial charge on any atom is -0.403 e. The Labute approximate surface area is 182 Å². The van der Waals surface area contributed by atoms with Gasteiger partial charge in [-0.05, 0) is 44.2 Å². The van der Waals surface area contributed by atoms with Crippen molar-refractivity contribution >= 4 is 22.3 Å². The SMILES string of the molecule is C=C(Nc1cc2cc(/C(=C/N)N(C)N)ccc2cn1)C1(F)CCN(CC(C)(C)F)CC1. The average Bonchev–Trinajstić information content (AvgIpc) is 2.69. The predicted octanol–water partition coefficient (Wildman–Crippen LogP) is 3.78. The fraction of sp³-hybridized carbons (Fsp3) is 0.435. The number of allylic oxidation sites excluding steroid dienone is 1. The van der Waals surface area contributed by atoms with Crippen LogP contribution in [0.2, 0.25) is 0 Å². The number of aromatic nitrogens is 1. The van der Waals surface area contributed by atoms with Crippen LogP contribution in [0, 0.1) is 0 Å². The third-order valence-corrected chi connectivity index (χ3v) is 5.62. The van der Waals surface area contributed by atoms with E-state index in [0.717, 1.165) is 16.3 Å². The molecule has 0 aliphatic carbocycles. The summed E-state index contributed by atoms with van der Waals surface area (Å²) in [4.78, 5) is 6.35. The summed E-state index contributed by atoms with van der Waals surface area (Å²) in [6.45, 7) is 8.29. The van der Waals surface area contributed by atoms with E-state index in [1.807, 2.05) is 29.2 Å². The Morgan fingerprint density at radius 2 is 2.00 bits per heavy atom. The molecule has 1 saturated heterocycles. The number of rotatable bonds is 7. The number of pyridine rings is 1. The number of alkyl halides is 2. The second-order valence-corrected chi connectivity index (χ2v) is 8.86. The van der Waals surface area contributed by atoms with Crippen molar-refractivity contribution in [1.82, 2.24) is 14.9 Å². The van der Waals surface area contributed by atoms with Crippen molar-refractivity contribution in [3.05, 3.63) is 54.5 Å². The van der Waals surface area contributed by atoms with Crippen molar-refractivity contribution in [3.63, 3.8) is 0 Å². The predicted molar refractivity (Wildman–Crippen MR) is 123 cm³/mol. The molecule has 0 atom stereocenters. The lowest BCUT2D eigenvalue weighted by Gasteiger charge is -2.39. The number of hydrogen-bond donors (Lipinski definition) is 3. The van der Waals surface area contributed by atoms with Crippen LogP contribution in [0.1, 0.15) is 32.3 Å². The van der Waals surface area contributed by atoms with Gasteiger partial charge in [0.25, 0.3) is 0 Å². The van der Waals surface area contributed by atoms with Gasteiger partial charge in [0.2, 0.25) is 0 Å². The second kappa shape index (κ2) is 8.80. The maximum Gasteiger partial charge on any atom is 0.152 e. The van der Waals surface area contributed by atoms with Crippen molar-refractivity contribution in [2.24, 2.45) is 11.6 Å². The highest BCUT2D eigenvalue weighted by Gasteiger charge is 2.38. The molecule has 1 aromatic carbocycles. The molecule has 168 valence electrons. The van der Waals surface area contributed by atoms with Gasteiger partial charge in [-0.2, -0.15) is 0 Å². The Balaban J connectivity index is 1.73.